The van der Waals surface area contributed by atoms with Crippen LogP contribution in [0.2, 0.25) is 0 Å². The molecule has 1 saturated heterocycles. The summed E-state index contributed by atoms with van der Waals surface area (Å²) in [5.74, 6) is -0.143. The molecule has 0 bridgehead atoms. The van der Waals surface area contributed by atoms with E-state index in [1.165, 1.54) is 25.3 Å². The average molecular weight is 429 g/mol. The second-order valence-corrected chi connectivity index (χ2v) is 8.21. The topological polar surface area (TPSA) is 114 Å². The molecule has 1 heterocycles. The maximum absolute atomic E-state index is 12.4. The Kier molecular flexibility index (Phi) is 8.32. The number of nitrogens with two attached hydrogens (primary N) is 1. The Morgan fingerprint density at radius 2 is 1.61 bits per heavy atom. The highest BCUT2D eigenvalue weighted by Crippen LogP contribution is 2.18. The van der Waals surface area contributed by atoms with Gasteiger partial charge >= 0.3 is 6.03 Å². The molecule has 4 N–H and O–H groups in total. The van der Waals surface area contributed by atoms with Gasteiger partial charge in [0.25, 0.3) is 5.91 Å². The molecule has 2 aliphatic rings. The molecule has 0 unspecified atom stereocenters. The molecule has 4 amide bonds. The number of nitrogens with zero attached hydrogens (tertiary/aromatic N) is 1. The fourth-order valence-electron chi connectivity index (χ4n) is 3.99. The van der Waals surface area contributed by atoms with Gasteiger partial charge in [-0.25, -0.2) is 4.79 Å². The molecule has 0 spiro atoms. The van der Waals surface area contributed by atoms with Gasteiger partial charge in [0.15, 0.2) is 6.61 Å². The standard InChI is InChI=1S/C23H32N4O4/c24-21(28)16-31-20-9-6-17(7-10-20)8-11-22(29)25-19-12-14-27(15-13-19)23(30)26-18-4-2-1-3-5-18/h6-11,18-19H,1-5,12-16H2,(H2,24,28)(H,25,29)(H,26,30)/b11-8+. The molecular weight excluding hydrogens is 396 g/mol. The van der Waals surface area contributed by atoms with Crippen molar-refractivity contribution < 1.29 is 19.1 Å². The third kappa shape index (κ3) is 7.62. The molecule has 168 valence electrons. The Labute approximate surface area is 183 Å². The summed E-state index contributed by atoms with van der Waals surface area (Å²) in [7, 11) is 0. The number of carbonyl (C=O) groups excluding carboxylic acids is 3. The Bertz CT molecular complexity index is 779. The summed E-state index contributed by atoms with van der Waals surface area (Å²) in [5.41, 5.74) is 5.89. The van der Waals surface area contributed by atoms with E-state index in [2.05, 4.69) is 10.6 Å². The predicted octanol–water partition coefficient (Wildman–Crippen LogP) is 2.19. The van der Waals surface area contributed by atoms with Crippen molar-refractivity contribution >= 4 is 23.9 Å². The molecule has 8 nitrogen and oxygen atoms in total. The van der Waals surface area contributed by atoms with E-state index in [1.807, 2.05) is 4.90 Å². The van der Waals surface area contributed by atoms with E-state index >= 15 is 0 Å². The molecular formula is C23H32N4O4. The van der Waals surface area contributed by atoms with E-state index in [0.717, 1.165) is 31.2 Å². The fraction of sp³-hybridized carbons (Fsp3) is 0.522. The summed E-state index contributed by atoms with van der Waals surface area (Å²) in [5, 5.41) is 6.17. The summed E-state index contributed by atoms with van der Waals surface area (Å²) in [6.07, 6.45) is 10.5. The highest BCUT2D eigenvalue weighted by Gasteiger charge is 2.25. The van der Waals surface area contributed by atoms with Gasteiger partial charge in [0.2, 0.25) is 5.91 Å². The fourth-order valence-corrected chi connectivity index (χ4v) is 3.99. The van der Waals surface area contributed by atoms with Crippen molar-refractivity contribution in [1.29, 1.82) is 0 Å². The minimum Gasteiger partial charge on any atom is -0.484 e. The van der Waals surface area contributed by atoms with Gasteiger partial charge in [-0.3, -0.25) is 9.59 Å². The largest absolute Gasteiger partial charge is 0.484 e. The molecule has 1 aromatic carbocycles. The van der Waals surface area contributed by atoms with Crippen LogP contribution in [0.3, 0.4) is 0 Å². The highest BCUT2D eigenvalue weighted by molar-refractivity contribution is 5.92. The van der Waals surface area contributed by atoms with E-state index < -0.39 is 5.91 Å². The van der Waals surface area contributed by atoms with Crippen LogP contribution in [0.1, 0.15) is 50.5 Å². The van der Waals surface area contributed by atoms with Crippen molar-refractivity contribution in [2.45, 2.75) is 57.0 Å². The van der Waals surface area contributed by atoms with E-state index in [4.69, 9.17) is 10.5 Å². The van der Waals surface area contributed by atoms with Gasteiger partial charge in [0.05, 0.1) is 0 Å². The van der Waals surface area contributed by atoms with E-state index in [9.17, 15) is 14.4 Å². The number of rotatable bonds is 7. The number of primary amides is 1. The number of urea groups is 1. The van der Waals surface area contributed by atoms with Gasteiger partial charge in [0.1, 0.15) is 5.75 Å². The van der Waals surface area contributed by atoms with Gasteiger partial charge in [-0.15, -0.1) is 0 Å². The molecule has 0 aromatic heterocycles. The van der Waals surface area contributed by atoms with Crippen LogP contribution in [0, 0.1) is 0 Å². The summed E-state index contributed by atoms with van der Waals surface area (Å²) >= 11 is 0. The van der Waals surface area contributed by atoms with Crippen LogP contribution in [0.5, 0.6) is 5.75 Å². The molecule has 1 aromatic rings. The number of hydrogen-bond acceptors (Lipinski definition) is 4. The van der Waals surface area contributed by atoms with Crippen molar-refractivity contribution in [3.8, 4) is 5.75 Å². The zero-order valence-electron chi connectivity index (χ0n) is 17.8. The Hall–Kier alpha value is -3.03. The van der Waals surface area contributed by atoms with Crippen LogP contribution < -0.4 is 21.1 Å². The summed E-state index contributed by atoms with van der Waals surface area (Å²) < 4.78 is 5.21. The molecule has 0 radical (unpaired) electrons. The Morgan fingerprint density at radius 3 is 2.26 bits per heavy atom. The zero-order valence-corrected chi connectivity index (χ0v) is 17.8. The second-order valence-electron chi connectivity index (χ2n) is 8.21. The van der Waals surface area contributed by atoms with Crippen molar-refractivity contribution in [2.24, 2.45) is 5.73 Å². The SMILES string of the molecule is NC(=O)COc1ccc(/C=C/C(=O)NC2CCN(C(=O)NC3CCCCC3)CC2)cc1. The monoisotopic (exact) mass is 428 g/mol. The number of nitrogens with one attached hydrogen (secondary N) is 2. The lowest BCUT2D eigenvalue weighted by Gasteiger charge is -2.34. The van der Waals surface area contributed by atoms with Gasteiger partial charge in [-0.2, -0.15) is 0 Å². The maximum atomic E-state index is 12.4. The summed E-state index contributed by atoms with van der Waals surface area (Å²) in [6.45, 7) is 1.14. The maximum Gasteiger partial charge on any atom is 0.317 e. The Morgan fingerprint density at radius 1 is 0.968 bits per heavy atom. The first kappa shape index (κ1) is 22.7. The molecule has 1 aliphatic heterocycles. The lowest BCUT2D eigenvalue weighted by molar-refractivity contribution is -0.120. The van der Waals surface area contributed by atoms with Gasteiger partial charge in [-0.05, 0) is 49.5 Å². The number of benzene rings is 1. The zero-order chi connectivity index (χ0) is 22.1. The van der Waals surface area contributed by atoms with Crippen LogP contribution in [-0.2, 0) is 9.59 Å². The molecule has 1 aliphatic carbocycles. The number of piperidine rings is 1. The molecule has 31 heavy (non-hydrogen) atoms. The minimum atomic E-state index is -0.531. The first-order valence-electron chi connectivity index (χ1n) is 11.0. The highest BCUT2D eigenvalue weighted by atomic mass is 16.5. The third-order valence-corrected chi connectivity index (χ3v) is 5.75. The van der Waals surface area contributed by atoms with Gasteiger partial charge in [-0.1, -0.05) is 31.4 Å². The lowest BCUT2D eigenvalue weighted by atomic mass is 9.95. The van der Waals surface area contributed by atoms with Gasteiger partial charge < -0.3 is 26.0 Å². The first-order valence-corrected chi connectivity index (χ1v) is 11.0. The predicted molar refractivity (Wildman–Crippen MR) is 118 cm³/mol. The normalized spacial score (nSPS) is 18.0. The van der Waals surface area contributed by atoms with Crippen LogP contribution in [0.15, 0.2) is 30.3 Å². The first-order chi connectivity index (χ1) is 15.0. The van der Waals surface area contributed by atoms with Crippen LogP contribution >= 0.6 is 0 Å². The minimum absolute atomic E-state index is 0.0276. The number of carbonyl (C=O) groups is 3. The molecule has 0 atom stereocenters. The summed E-state index contributed by atoms with van der Waals surface area (Å²) in [6, 6.07) is 7.43. The Balaban J connectivity index is 1.37. The molecule has 1 saturated carbocycles. The van der Waals surface area contributed by atoms with Crippen molar-refractivity contribution in [3.63, 3.8) is 0 Å². The number of hydrogen-bond donors (Lipinski definition) is 3. The average Bonchev–Trinajstić information content (AvgIpc) is 2.78. The number of ether oxygens (including phenoxy) is 1. The van der Waals surface area contributed by atoms with E-state index in [1.54, 1.807) is 30.3 Å². The number of amides is 4. The molecule has 2 fully saturated rings. The molecule has 3 rings (SSSR count). The molecule has 8 heteroatoms. The van der Waals surface area contributed by atoms with Crippen LogP contribution in [0.4, 0.5) is 4.79 Å². The van der Waals surface area contributed by atoms with Crippen molar-refractivity contribution in [2.75, 3.05) is 19.7 Å². The lowest BCUT2D eigenvalue weighted by Crippen LogP contribution is -2.51. The number of likely N-dealkylation sites (tertiary alicyclic amines) is 1. The smallest absolute Gasteiger partial charge is 0.317 e. The van der Waals surface area contributed by atoms with Crippen molar-refractivity contribution in [1.82, 2.24) is 15.5 Å². The van der Waals surface area contributed by atoms with E-state index in [-0.39, 0.29) is 24.6 Å². The van der Waals surface area contributed by atoms with Gasteiger partial charge in [0, 0.05) is 31.2 Å². The summed E-state index contributed by atoms with van der Waals surface area (Å²) in [4.78, 5) is 37.3. The third-order valence-electron chi connectivity index (χ3n) is 5.75. The van der Waals surface area contributed by atoms with Crippen LogP contribution in [-0.4, -0.2) is 54.5 Å². The van der Waals surface area contributed by atoms with Crippen LogP contribution in [0.25, 0.3) is 6.08 Å². The quantitative estimate of drug-likeness (QED) is 0.578. The van der Waals surface area contributed by atoms with Crippen molar-refractivity contribution in [3.05, 3.63) is 35.9 Å². The van der Waals surface area contributed by atoms with E-state index in [0.29, 0.717) is 24.9 Å². The second kappa shape index (κ2) is 11.4.